The fraction of sp³-hybridized carbons (Fsp3) is 0.105. The van der Waals surface area contributed by atoms with Crippen molar-refractivity contribution in [1.82, 2.24) is 4.98 Å². The smallest absolute Gasteiger partial charge is 0.348 e. The molecule has 25 heavy (non-hydrogen) atoms. The van der Waals surface area contributed by atoms with Crippen molar-refractivity contribution in [3.8, 4) is 0 Å². The summed E-state index contributed by atoms with van der Waals surface area (Å²) in [5.74, 6) is -0.550. The van der Waals surface area contributed by atoms with E-state index in [0.29, 0.717) is 20.3 Å². The van der Waals surface area contributed by atoms with Gasteiger partial charge >= 0.3 is 5.97 Å². The number of rotatable bonds is 4. The van der Waals surface area contributed by atoms with Gasteiger partial charge in [-0.25, -0.2) is 9.78 Å². The number of carbonyl (C=O) groups is 2. The van der Waals surface area contributed by atoms with E-state index in [1.807, 2.05) is 19.1 Å². The Morgan fingerprint density at radius 3 is 2.64 bits per heavy atom. The van der Waals surface area contributed by atoms with E-state index >= 15 is 0 Å². The van der Waals surface area contributed by atoms with E-state index in [4.69, 9.17) is 16.3 Å². The van der Waals surface area contributed by atoms with E-state index in [1.54, 1.807) is 24.3 Å². The number of benzene rings is 1. The molecule has 0 amide bonds. The topological polar surface area (TPSA) is 56.3 Å². The Hall–Kier alpha value is -2.50. The lowest BCUT2D eigenvalue weighted by Crippen LogP contribution is -1.99. The first-order valence-corrected chi connectivity index (χ1v) is 8.64. The molecule has 0 spiro atoms. The highest BCUT2D eigenvalue weighted by molar-refractivity contribution is 7.20. The lowest BCUT2D eigenvalue weighted by Gasteiger charge is -1.98. The number of hydrogen-bond donors (Lipinski definition) is 0. The van der Waals surface area contributed by atoms with Gasteiger partial charge in [0, 0.05) is 22.2 Å². The third-order valence-electron chi connectivity index (χ3n) is 3.75. The molecular formula is C19H14ClNO3S. The van der Waals surface area contributed by atoms with Gasteiger partial charge in [-0.05, 0) is 42.3 Å². The molecule has 0 radical (unpaired) electrons. The minimum absolute atomic E-state index is 0.158. The Morgan fingerprint density at radius 2 is 1.96 bits per heavy atom. The minimum atomic E-state index is -0.393. The molecule has 0 aliphatic heterocycles. The number of methoxy groups -OCH3 is 1. The fourth-order valence-electron chi connectivity index (χ4n) is 2.36. The van der Waals surface area contributed by atoms with Crippen LogP contribution in [-0.4, -0.2) is 23.8 Å². The van der Waals surface area contributed by atoms with Gasteiger partial charge < -0.3 is 4.74 Å². The van der Waals surface area contributed by atoms with Crippen LogP contribution in [0.4, 0.5) is 0 Å². The average molecular weight is 372 g/mol. The van der Waals surface area contributed by atoms with E-state index < -0.39 is 5.97 Å². The van der Waals surface area contributed by atoms with Crippen molar-refractivity contribution in [2.45, 2.75) is 6.92 Å². The standard InChI is InChI=1S/C19H14ClNO3S/c1-11-15-9-13(10-21-18(15)25-17(11)19(23)24-2)16(22)8-5-12-3-6-14(20)7-4-12/h3-10H,1-2H3/b8-5+. The second kappa shape index (κ2) is 7.17. The summed E-state index contributed by atoms with van der Waals surface area (Å²) in [6.45, 7) is 1.82. The Bertz CT molecular complexity index is 990. The molecule has 0 aliphatic rings. The van der Waals surface area contributed by atoms with Crippen LogP contribution in [0.15, 0.2) is 42.6 Å². The summed E-state index contributed by atoms with van der Waals surface area (Å²) in [6.07, 6.45) is 4.74. The number of ketones is 1. The van der Waals surface area contributed by atoms with E-state index in [0.717, 1.165) is 16.5 Å². The molecule has 1 aromatic carbocycles. The number of halogens is 1. The van der Waals surface area contributed by atoms with Gasteiger partial charge in [0.25, 0.3) is 0 Å². The molecule has 2 heterocycles. The number of hydrogen-bond acceptors (Lipinski definition) is 5. The average Bonchev–Trinajstić information content (AvgIpc) is 2.96. The highest BCUT2D eigenvalue weighted by Gasteiger charge is 2.17. The molecule has 0 saturated heterocycles. The van der Waals surface area contributed by atoms with Crippen molar-refractivity contribution < 1.29 is 14.3 Å². The molecule has 6 heteroatoms. The number of esters is 1. The van der Waals surface area contributed by atoms with Crippen LogP contribution in [0.1, 0.15) is 31.2 Å². The SMILES string of the molecule is COC(=O)c1sc2ncc(C(=O)/C=C/c3ccc(Cl)cc3)cc2c1C. The van der Waals surface area contributed by atoms with Crippen LogP contribution in [-0.2, 0) is 4.74 Å². The molecule has 2 aromatic heterocycles. The maximum atomic E-state index is 12.4. The first-order chi connectivity index (χ1) is 12.0. The van der Waals surface area contributed by atoms with Crippen LogP contribution >= 0.6 is 22.9 Å². The van der Waals surface area contributed by atoms with Gasteiger partial charge in [-0.15, -0.1) is 11.3 Å². The maximum absolute atomic E-state index is 12.4. The van der Waals surface area contributed by atoms with Crippen molar-refractivity contribution >= 4 is 51.0 Å². The molecule has 0 saturated carbocycles. The van der Waals surface area contributed by atoms with Crippen LogP contribution in [0, 0.1) is 6.92 Å². The molecule has 0 N–H and O–H groups in total. The number of aromatic nitrogens is 1. The lowest BCUT2D eigenvalue weighted by atomic mass is 10.1. The Morgan fingerprint density at radius 1 is 1.24 bits per heavy atom. The summed E-state index contributed by atoms with van der Waals surface area (Å²) >= 11 is 7.11. The highest BCUT2D eigenvalue weighted by atomic mass is 35.5. The molecular weight excluding hydrogens is 358 g/mol. The zero-order valence-corrected chi connectivity index (χ0v) is 15.1. The van der Waals surface area contributed by atoms with Crippen LogP contribution in [0.25, 0.3) is 16.3 Å². The Labute approximate surface area is 153 Å². The molecule has 0 unspecified atom stereocenters. The van der Waals surface area contributed by atoms with Crippen molar-refractivity contribution in [2.24, 2.45) is 0 Å². The molecule has 0 bridgehead atoms. The number of ether oxygens (including phenoxy) is 1. The number of carbonyl (C=O) groups excluding carboxylic acids is 2. The summed E-state index contributed by atoms with van der Waals surface area (Å²) in [6, 6.07) is 8.96. The van der Waals surface area contributed by atoms with Crippen LogP contribution < -0.4 is 0 Å². The second-order valence-electron chi connectivity index (χ2n) is 5.37. The second-order valence-corrected chi connectivity index (χ2v) is 6.81. The van der Waals surface area contributed by atoms with Gasteiger partial charge in [-0.1, -0.05) is 29.8 Å². The fourth-order valence-corrected chi connectivity index (χ4v) is 3.54. The predicted octanol–water partition coefficient (Wildman–Crippen LogP) is 4.94. The van der Waals surface area contributed by atoms with Crippen molar-refractivity contribution in [2.75, 3.05) is 7.11 Å². The molecule has 3 rings (SSSR count). The Kier molecular flexibility index (Phi) is 4.97. The summed E-state index contributed by atoms with van der Waals surface area (Å²) in [4.78, 5) is 29.7. The minimum Gasteiger partial charge on any atom is -0.465 e. The van der Waals surface area contributed by atoms with Gasteiger partial charge in [0.2, 0.25) is 0 Å². The van der Waals surface area contributed by atoms with Crippen LogP contribution in [0.5, 0.6) is 0 Å². The molecule has 3 aromatic rings. The van der Waals surface area contributed by atoms with E-state index in [-0.39, 0.29) is 5.78 Å². The number of allylic oxidation sites excluding steroid dienone is 1. The van der Waals surface area contributed by atoms with Gasteiger partial charge in [0.05, 0.1) is 7.11 Å². The number of pyridine rings is 1. The molecule has 4 nitrogen and oxygen atoms in total. The van der Waals surface area contributed by atoms with Crippen molar-refractivity contribution in [3.63, 3.8) is 0 Å². The first-order valence-electron chi connectivity index (χ1n) is 7.45. The van der Waals surface area contributed by atoms with E-state index in [2.05, 4.69) is 4.98 Å². The molecule has 126 valence electrons. The molecule has 0 aliphatic carbocycles. The van der Waals surface area contributed by atoms with Crippen molar-refractivity contribution in [1.29, 1.82) is 0 Å². The van der Waals surface area contributed by atoms with E-state index in [9.17, 15) is 9.59 Å². The van der Waals surface area contributed by atoms with Gasteiger partial charge in [0.1, 0.15) is 9.71 Å². The van der Waals surface area contributed by atoms with Crippen molar-refractivity contribution in [3.05, 3.63) is 69.2 Å². The van der Waals surface area contributed by atoms with Gasteiger partial charge in [-0.3, -0.25) is 4.79 Å². The third-order valence-corrected chi connectivity index (χ3v) is 5.19. The van der Waals surface area contributed by atoms with E-state index in [1.165, 1.54) is 30.7 Å². The van der Waals surface area contributed by atoms with Gasteiger partial charge in [0.15, 0.2) is 5.78 Å². The zero-order chi connectivity index (χ0) is 18.0. The first kappa shape index (κ1) is 17.3. The number of thiophene rings is 1. The number of fused-ring (bicyclic) bond motifs is 1. The van der Waals surface area contributed by atoms with Crippen LogP contribution in [0.2, 0.25) is 5.02 Å². The number of nitrogens with zero attached hydrogens (tertiary/aromatic N) is 1. The number of aryl methyl sites for hydroxylation is 1. The molecule has 0 fully saturated rings. The van der Waals surface area contributed by atoms with Gasteiger partial charge in [-0.2, -0.15) is 0 Å². The molecule has 0 atom stereocenters. The summed E-state index contributed by atoms with van der Waals surface area (Å²) < 4.78 is 4.78. The summed E-state index contributed by atoms with van der Waals surface area (Å²) in [7, 11) is 1.34. The zero-order valence-electron chi connectivity index (χ0n) is 13.6. The third kappa shape index (κ3) is 3.62. The quantitative estimate of drug-likeness (QED) is 0.370. The Balaban J connectivity index is 1.90. The normalized spacial score (nSPS) is 11.2. The summed E-state index contributed by atoms with van der Waals surface area (Å²) in [5.41, 5.74) is 2.12. The summed E-state index contributed by atoms with van der Waals surface area (Å²) in [5, 5.41) is 1.43. The largest absolute Gasteiger partial charge is 0.465 e. The maximum Gasteiger partial charge on any atom is 0.348 e. The highest BCUT2D eigenvalue weighted by Crippen LogP contribution is 2.30. The lowest BCUT2D eigenvalue weighted by molar-refractivity contribution is 0.0605. The monoisotopic (exact) mass is 371 g/mol. The van der Waals surface area contributed by atoms with Crippen LogP contribution in [0.3, 0.4) is 0 Å². The predicted molar refractivity (Wildman–Crippen MR) is 101 cm³/mol.